The number of rotatable bonds is 0. The van der Waals surface area contributed by atoms with Crippen molar-refractivity contribution in [2.45, 2.75) is 6.92 Å². The lowest BCUT2D eigenvalue weighted by Gasteiger charge is -1.83. The Labute approximate surface area is 61.9 Å². The molecule has 0 aliphatic carbocycles. The number of nitrogens with zero attached hydrogens (tertiary/aromatic N) is 3. The van der Waals surface area contributed by atoms with E-state index in [0.717, 1.165) is 16.0 Å². The van der Waals surface area contributed by atoms with E-state index in [1.54, 1.807) is 12.4 Å². The highest BCUT2D eigenvalue weighted by atomic mass is 32.1. The first kappa shape index (κ1) is 5.73. The summed E-state index contributed by atoms with van der Waals surface area (Å²) in [6.07, 6.45) is 3.36. The zero-order chi connectivity index (χ0) is 6.97. The Morgan fingerprint density at radius 1 is 1.30 bits per heavy atom. The van der Waals surface area contributed by atoms with Crippen LogP contribution >= 0.6 is 11.5 Å². The molecule has 10 heavy (non-hydrogen) atoms. The molecule has 0 aliphatic rings. The Morgan fingerprint density at radius 2 is 2.10 bits per heavy atom. The van der Waals surface area contributed by atoms with Crippen LogP contribution in [0.2, 0.25) is 0 Å². The van der Waals surface area contributed by atoms with Gasteiger partial charge in [-0.2, -0.15) is 4.37 Å². The van der Waals surface area contributed by atoms with Crippen molar-refractivity contribution >= 4 is 21.9 Å². The molecule has 0 amide bonds. The molecule has 0 N–H and O–H groups in total. The number of fused-ring (bicyclic) bond motifs is 1. The van der Waals surface area contributed by atoms with E-state index < -0.39 is 0 Å². The summed E-state index contributed by atoms with van der Waals surface area (Å²) in [5.74, 6) is 0. The van der Waals surface area contributed by atoms with Gasteiger partial charge < -0.3 is 0 Å². The average molecular weight is 151 g/mol. The Morgan fingerprint density at radius 3 is 2.90 bits per heavy atom. The minimum absolute atomic E-state index is 0.917. The van der Waals surface area contributed by atoms with Gasteiger partial charge in [-0.05, 0) is 18.5 Å². The topological polar surface area (TPSA) is 38.7 Å². The Balaban J connectivity index is 2.93. The molecule has 0 radical (unpaired) electrons. The first-order chi connectivity index (χ1) is 4.88. The van der Waals surface area contributed by atoms with E-state index in [4.69, 9.17) is 0 Å². The molecule has 0 spiro atoms. The molecular weight excluding hydrogens is 146 g/mol. The Kier molecular flexibility index (Phi) is 1.14. The second-order valence-corrected chi connectivity index (χ2v) is 2.73. The van der Waals surface area contributed by atoms with E-state index in [1.807, 2.05) is 6.92 Å². The predicted molar refractivity (Wildman–Crippen MR) is 39.9 cm³/mol. The molecule has 2 rings (SSSR count). The van der Waals surface area contributed by atoms with Crippen LogP contribution in [0.5, 0.6) is 0 Å². The van der Waals surface area contributed by atoms with Crippen LogP contribution in [0, 0.1) is 6.92 Å². The minimum atomic E-state index is 0.917. The van der Waals surface area contributed by atoms with Gasteiger partial charge in [0.1, 0.15) is 5.52 Å². The molecule has 0 aromatic carbocycles. The van der Waals surface area contributed by atoms with Crippen molar-refractivity contribution in [3.05, 3.63) is 18.1 Å². The highest BCUT2D eigenvalue weighted by molar-refractivity contribution is 7.12. The fourth-order valence-electron chi connectivity index (χ4n) is 0.795. The largest absolute Gasteiger partial charge is 0.250 e. The average Bonchev–Trinajstić information content (AvgIpc) is 2.34. The van der Waals surface area contributed by atoms with Crippen LogP contribution < -0.4 is 0 Å². The van der Waals surface area contributed by atoms with E-state index in [0.29, 0.717) is 0 Å². The first-order valence-electron chi connectivity index (χ1n) is 2.91. The third kappa shape index (κ3) is 0.690. The van der Waals surface area contributed by atoms with Gasteiger partial charge in [0.05, 0.1) is 5.69 Å². The van der Waals surface area contributed by atoms with Gasteiger partial charge >= 0.3 is 0 Å². The maximum absolute atomic E-state index is 4.13. The van der Waals surface area contributed by atoms with Crippen LogP contribution in [-0.2, 0) is 0 Å². The lowest BCUT2D eigenvalue weighted by molar-refractivity contribution is 1.27. The smallest absolute Gasteiger partial charge is 0.162 e. The second kappa shape index (κ2) is 1.98. The third-order valence-corrected chi connectivity index (χ3v) is 2.11. The van der Waals surface area contributed by atoms with Gasteiger partial charge in [0, 0.05) is 12.4 Å². The van der Waals surface area contributed by atoms with Gasteiger partial charge in [-0.15, -0.1) is 0 Å². The molecule has 2 aromatic rings. The van der Waals surface area contributed by atoms with Crippen molar-refractivity contribution in [3.63, 3.8) is 0 Å². The van der Waals surface area contributed by atoms with Crippen molar-refractivity contribution in [1.82, 2.24) is 14.3 Å². The van der Waals surface area contributed by atoms with Gasteiger partial charge in [-0.25, -0.2) is 4.98 Å². The molecule has 0 saturated heterocycles. The van der Waals surface area contributed by atoms with Crippen molar-refractivity contribution in [2.75, 3.05) is 0 Å². The van der Waals surface area contributed by atoms with Gasteiger partial charge in [-0.3, -0.25) is 4.98 Å². The normalized spacial score (nSPS) is 10.5. The maximum atomic E-state index is 4.13. The molecule has 0 bridgehead atoms. The minimum Gasteiger partial charge on any atom is -0.250 e. The Hall–Kier alpha value is -1.03. The van der Waals surface area contributed by atoms with Gasteiger partial charge in [-0.1, -0.05) is 0 Å². The summed E-state index contributed by atoms with van der Waals surface area (Å²) in [7, 11) is 0. The molecule has 4 heteroatoms. The van der Waals surface area contributed by atoms with Gasteiger partial charge in [0.15, 0.2) is 4.83 Å². The SMILES string of the molecule is Cc1nsc2nccnc12. The van der Waals surface area contributed by atoms with E-state index in [2.05, 4.69) is 14.3 Å². The summed E-state index contributed by atoms with van der Waals surface area (Å²) >= 11 is 1.39. The van der Waals surface area contributed by atoms with Crippen LogP contribution in [0.4, 0.5) is 0 Å². The quantitative estimate of drug-likeness (QED) is 0.571. The van der Waals surface area contributed by atoms with Gasteiger partial charge in [0.25, 0.3) is 0 Å². The standard InChI is InChI=1S/C6H5N3S/c1-4-5-6(10-9-4)8-3-2-7-5/h2-3H,1H3. The van der Waals surface area contributed by atoms with E-state index in [1.165, 1.54) is 11.5 Å². The zero-order valence-corrected chi connectivity index (χ0v) is 6.22. The van der Waals surface area contributed by atoms with Crippen molar-refractivity contribution in [1.29, 1.82) is 0 Å². The number of aromatic nitrogens is 3. The number of aryl methyl sites for hydroxylation is 1. The molecule has 50 valence electrons. The number of hydrogen-bond acceptors (Lipinski definition) is 4. The van der Waals surface area contributed by atoms with Crippen LogP contribution in [0.15, 0.2) is 12.4 Å². The molecule has 2 heterocycles. The fourth-order valence-corrected chi connectivity index (χ4v) is 1.50. The van der Waals surface area contributed by atoms with E-state index >= 15 is 0 Å². The molecule has 2 aromatic heterocycles. The summed E-state index contributed by atoms with van der Waals surface area (Å²) in [6.45, 7) is 1.94. The summed E-state index contributed by atoms with van der Waals surface area (Å²) in [6, 6.07) is 0. The summed E-state index contributed by atoms with van der Waals surface area (Å²) in [5, 5.41) is 0. The monoisotopic (exact) mass is 151 g/mol. The fraction of sp³-hybridized carbons (Fsp3) is 0.167. The lowest BCUT2D eigenvalue weighted by Crippen LogP contribution is -1.76. The van der Waals surface area contributed by atoms with Crippen LogP contribution in [0.3, 0.4) is 0 Å². The molecule has 0 aliphatic heterocycles. The lowest BCUT2D eigenvalue weighted by atomic mass is 10.4. The molecule has 0 atom stereocenters. The maximum Gasteiger partial charge on any atom is 0.162 e. The van der Waals surface area contributed by atoms with E-state index in [-0.39, 0.29) is 0 Å². The summed E-state index contributed by atoms with van der Waals surface area (Å²) in [5.41, 5.74) is 1.89. The van der Waals surface area contributed by atoms with E-state index in [9.17, 15) is 0 Å². The van der Waals surface area contributed by atoms with Crippen LogP contribution in [0.1, 0.15) is 5.69 Å². The van der Waals surface area contributed by atoms with Crippen molar-refractivity contribution < 1.29 is 0 Å². The summed E-state index contributed by atoms with van der Waals surface area (Å²) < 4.78 is 4.11. The molecule has 0 saturated carbocycles. The molecule has 3 nitrogen and oxygen atoms in total. The number of hydrogen-bond donors (Lipinski definition) is 0. The molecular formula is C6H5N3S. The van der Waals surface area contributed by atoms with Gasteiger partial charge in [0.2, 0.25) is 0 Å². The highest BCUT2D eigenvalue weighted by Gasteiger charge is 2.00. The highest BCUT2D eigenvalue weighted by Crippen LogP contribution is 2.15. The van der Waals surface area contributed by atoms with Crippen LogP contribution in [0.25, 0.3) is 10.3 Å². The predicted octanol–water partition coefficient (Wildman–Crippen LogP) is 1.39. The summed E-state index contributed by atoms with van der Waals surface area (Å²) in [4.78, 5) is 9.14. The van der Waals surface area contributed by atoms with Crippen molar-refractivity contribution in [3.8, 4) is 0 Å². The Bertz CT molecular complexity index is 355. The third-order valence-electron chi connectivity index (χ3n) is 1.28. The van der Waals surface area contributed by atoms with Crippen LogP contribution in [-0.4, -0.2) is 14.3 Å². The molecule has 0 fully saturated rings. The second-order valence-electron chi connectivity index (χ2n) is 1.98. The first-order valence-corrected chi connectivity index (χ1v) is 3.68. The van der Waals surface area contributed by atoms with Crippen molar-refractivity contribution in [2.24, 2.45) is 0 Å². The molecule has 0 unspecified atom stereocenters. The zero-order valence-electron chi connectivity index (χ0n) is 5.40.